The van der Waals surface area contributed by atoms with Crippen LogP contribution in [0.4, 0.5) is 4.79 Å². The molecular weight excluding hydrogens is 596 g/mol. The Balaban J connectivity index is 1.23. The number of pyridine rings is 1. The van der Waals surface area contributed by atoms with Crippen molar-refractivity contribution in [1.82, 2.24) is 40.0 Å². The van der Waals surface area contributed by atoms with Crippen molar-refractivity contribution in [2.45, 2.75) is 64.3 Å². The Morgan fingerprint density at radius 2 is 1.85 bits per heavy atom. The van der Waals surface area contributed by atoms with Crippen molar-refractivity contribution in [3.63, 3.8) is 0 Å². The Morgan fingerprint density at radius 1 is 1.09 bits per heavy atom. The number of rotatable bonds is 9. The van der Waals surface area contributed by atoms with E-state index in [1.807, 2.05) is 37.3 Å². The maximum absolute atomic E-state index is 14.0. The molecule has 12 nitrogen and oxygen atoms in total. The van der Waals surface area contributed by atoms with Crippen LogP contribution in [0.15, 0.2) is 54.7 Å². The van der Waals surface area contributed by atoms with Gasteiger partial charge in [0.05, 0.1) is 22.8 Å². The van der Waals surface area contributed by atoms with Gasteiger partial charge in [0.25, 0.3) is 5.91 Å². The average molecular weight is 641 g/mol. The lowest BCUT2D eigenvalue weighted by Crippen LogP contribution is -2.58. The highest BCUT2D eigenvalue weighted by Crippen LogP contribution is 2.35. The van der Waals surface area contributed by atoms with Crippen molar-refractivity contribution in [2.24, 2.45) is 5.92 Å². The molecule has 6 rings (SSSR count). The maximum atomic E-state index is 14.0. The van der Waals surface area contributed by atoms with Gasteiger partial charge in [0.2, 0.25) is 5.91 Å². The molecule has 4 heterocycles. The van der Waals surface area contributed by atoms with Crippen LogP contribution in [0.5, 0.6) is 0 Å². The zero-order valence-corrected chi connectivity index (χ0v) is 27.7. The number of aromatic amines is 1. The number of hydrogen-bond acceptors (Lipinski definition) is 7. The quantitative estimate of drug-likeness (QED) is 0.232. The number of H-pyrrole nitrogens is 1. The van der Waals surface area contributed by atoms with Crippen LogP contribution in [-0.2, 0) is 16.1 Å². The Labute approximate surface area is 274 Å². The summed E-state index contributed by atoms with van der Waals surface area (Å²) in [6.45, 7) is 7.50. The fourth-order valence-corrected chi connectivity index (χ4v) is 6.04. The summed E-state index contributed by atoms with van der Waals surface area (Å²) in [5.74, 6) is 0.928. The first-order valence-electron chi connectivity index (χ1n) is 16.3. The van der Waals surface area contributed by atoms with Gasteiger partial charge in [0, 0.05) is 55.4 Å². The second kappa shape index (κ2) is 13.2. The van der Waals surface area contributed by atoms with Gasteiger partial charge in [-0.2, -0.15) is 0 Å². The fraction of sp³-hybridized carbons (Fsp3) is 0.457. The van der Waals surface area contributed by atoms with Crippen LogP contribution >= 0.6 is 0 Å². The average Bonchev–Trinajstić information content (AvgIpc) is 3.60. The van der Waals surface area contributed by atoms with Crippen molar-refractivity contribution < 1.29 is 19.1 Å². The largest absolute Gasteiger partial charge is 0.444 e. The molecule has 2 fully saturated rings. The molecule has 3 N–H and O–H groups in total. The van der Waals surface area contributed by atoms with E-state index < -0.39 is 17.7 Å². The molecule has 3 amide bonds. The molecule has 4 aromatic rings. The van der Waals surface area contributed by atoms with E-state index in [-0.39, 0.29) is 24.4 Å². The number of nitrogens with zero attached hydrogens (tertiary/aromatic N) is 5. The molecule has 2 atom stereocenters. The number of hydrogen-bond donors (Lipinski definition) is 3. The second-order valence-corrected chi connectivity index (χ2v) is 14.0. The molecule has 47 heavy (non-hydrogen) atoms. The lowest BCUT2D eigenvalue weighted by atomic mass is 9.99. The minimum Gasteiger partial charge on any atom is -0.444 e. The highest BCUT2D eigenvalue weighted by atomic mass is 16.6. The minimum absolute atomic E-state index is 0.207. The Hall–Kier alpha value is -4.71. The van der Waals surface area contributed by atoms with E-state index in [4.69, 9.17) is 9.72 Å². The van der Waals surface area contributed by atoms with Crippen LogP contribution in [0.3, 0.4) is 0 Å². The summed E-state index contributed by atoms with van der Waals surface area (Å²) in [5, 5.41) is 6.98. The molecular formula is C35H44N8O4. The third-order valence-corrected chi connectivity index (χ3v) is 8.31. The third-order valence-electron chi connectivity index (χ3n) is 8.31. The molecule has 1 saturated carbocycles. The summed E-state index contributed by atoms with van der Waals surface area (Å²) in [7, 11) is 3.85. The SMILES string of the molecule is CN(C)C/C=C/C(=O)N[C@H]1C[C@@H](NC(=O)OC(C)(C)C)CN(C(=O)c2ccc3[nH]c(-c4cc5cccnc5n4CC4CC4)nc3c2)C1. The van der Waals surface area contributed by atoms with E-state index >= 15 is 0 Å². The molecule has 1 saturated heterocycles. The van der Waals surface area contributed by atoms with Crippen LogP contribution in [-0.4, -0.2) is 98.6 Å². The highest BCUT2D eigenvalue weighted by Gasteiger charge is 2.33. The number of ether oxygens (including phenoxy) is 1. The molecule has 0 radical (unpaired) electrons. The number of aromatic nitrogens is 4. The van der Waals surface area contributed by atoms with Crippen molar-refractivity contribution in [2.75, 3.05) is 33.7 Å². The smallest absolute Gasteiger partial charge is 0.407 e. The number of alkyl carbamates (subject to hydrolysis) is 1. The predicted molar refractivity (Wildman–Crippen MR) is 181 cm³/mol. The van der Waals surface area contributed by atoms with Gasteiger partial charge in [0.15, 0.2) is 5.82 Å². The number of imidazole rings is 1. The van der Waals surface area contributed by atoms with Crippen LogP contribution in [0.2, 0.25) is 0 Å². The van der Waals surface area contributed by atoms with E-state index in [0.29, 0.717) is 36.5 Å². The van der Waals surface area contributed by atoms with E-state index in [2.05, 4.69) is 37.3 Å². The van der Waals surface area contributed by atoms with Crippen molar-refractivity contribution in [1.29, 1.82) is 0 Å². The molecule has 0 bridgehead atoms. The molecule has 0 unspecified atom stereocenters. The van der Waals surface area contributed by atoms with E-state index in [1.54, 1.807) is 43.9 Å². The number of likely N-dealkylation sites (N-methyl/N-ethyl adjacent to an activating group) is 1. The van der Waals surface area contributed by atoms with Gasteiger partial charge in [-0.25, -0.2) is 14.8 Å². The number of benzene rings is 1. The first kappa shape index (κ1) is 32.2. The number of amides is 3. The zero-order valence-electron chi connectivity index (χ0n) is 27.7. The second-order valence-electron chi connectivity index (χ2n) is 14.0. The highest BCUT2D eigenvalue weighted by molar-refractivity contribution is 5.98. The molecule has 1 aromatic carbocycles. The molecule has 3 aromatic heterocycles. The zero-order chi connectivity index (χ0) is 33.3. The van der Waals surface area contributed by atoms with Gasteiger partial charge in [-0.3, -0.25) is 9.59 Å². The van der Waals surface area contributed by atoms with Gasteiger partial charge < -0.3 is 34.7 Å². The van der Waals surface area contributed by atoms with Gasteiger partial charge in [0.1, 0.15) is 11.2 Å². The van der Waals surface area contributed by atoms with Crippen LogP contribution in [0.1, 0.15) is 50.4 Å². The van der Waals surface area contributed by atoms with E-state index in [0.717, 1.165) is 34.6 Å². The first-order chi connectivity index (χ1) is 22.4. The molecule has 0 spiro atoms. The number of piperidine rings is 1. The van der Waals surface area contributed by atoms with E-state index in [1.165, 1.54) is 18.9 Å². The van der Waals surface area contributed by atoms with Crippen molar-refractivity contribution >= 4 is 40.0 Å². The number of carbonyl (C=O) groups is 3. The topological polar surface area (TPSA) is 137 Å². The Morgan fingerprint density at radius 3 is 2.57 bits per heavy atom. The number of likely N-dealkylation sites (tertiary alicyclic amines) is 1. The molecule has 12 heteroatoms. The summed E-state index contributed by atoms with van der Waals surface area (Å²) in [6, 6.07) is 10.8. The van der Waals surface area contributed by atoms with Crippen LogP contribution in [0.25, 0.3) is 33.6 Å². The molecule has 1 aliphatic carbocycles. The van der Waals surface area contributed by atoms with Crippen LogP contribution < -0.4 is 10.6 Å². The number of nitrogens with one attached hydrogen (secondary N) is 3. The monoisotopic (exact) mass is 640 g/mol. The normalized spacial score (nSPS) is 18.7. The lowest BCUT2D eigenvalue weighted by Gasteiger charge is -2.38. The van der Waals surface area contributed by atoms with E-state index in [9.17, 15) is 14.4 Å². The molecule has 248 valence electrons. The lowest BCUT2D eigenvalue weighted by molar-refractivity contribution is -0.117. The van der Waals surface area contributed by atoms with Gasteiger partial charge in [-0.1, -0.05) is 6.08 Å². The fourth-order valence-electron chi connectivity index (χ4n) is 6.04. The van der Waals surface area contributed by atoms with Gasteiger partial charge >= 0.3 is 6.09 Å². The number of fused-ring (bicyclic) bond motifs is 2. The minimum atomic E-state index is -0.667. The van der Waals surface area contributed by atoms with Crippen molar-refractivity contribution in [3.8, 4) is 11.5 Å². The van der Waals surface area contributed by atoms with Crippen LogP contribution in [0, 0.1) is 5.92 Å². The summed E-state index contributed by atoms with van der Waals surface area (Å²) in [6.07, 6.45) is 7.44. The maximum Gasteiger partial charge on any atom is 0.407 e. The standard InChI is InChI=1S/C35H44N8O4/c1-35(2,3)47-34(46)38-26-18-25(37-30(44)9-7-15-41(4)5)20-42(21-26)33(45)24-12-13-27-28(16-24)40-31(39-27)29-17-23-8-6-14-36-32(23)43(29)19-22-10-11-22/h6-9,12-14,16-17,22,25-26H,10-11,15,18-21H2,1-5H3,(H,37,44)(H,38,46)(H,39,40)/b9-7+/t25-,26+/m0/s1. The summed E-state index contributed by atoms with van der Waals surface area (Å²) in [4.78, 5) is 56.0. The summed E-state index contributed by atoms with van der Waals surface area (Å²) in [5.41, 5.74) is 3.23. The third kappa shape index (κ3) is 7.99. The first-order valence-corrected chi connectivity index (χ1v) is 16.3. The summed E-state index contributed by atoms with van der Waals surface area (Å²) < 4.78 is 7.72. The molecule has 2 aliphatic rings. The van der Waals surface area contributed by atoms with Gasteiger partial charge in [-0.05, 0) is 96.4 Å². The summed E-state index contributed by atoms with van der Waals surface area (Å²) >= 11 is 0. The number of carbonyl (C=O) groups excluding carboxylic acids is 3. The van der Waals surface area contributed by atoms with Gasteiger partial charge in [-0.15, -0.1) is 0 Å². The van der Waals surface area contributed by atoms with Crippen molar-refractivity contribution in [3.05, 3.63) is 60.3 Å². The Bertz CT molecular complexity index is 1810. The Kier molecular flexibility index (Phi) is 9.05. The molecule has 1 aliphatic heterocycles. The predicted octanol–water partition coefficient (Wildman–Crippen LogP) is 4.33.